The standard InChI is InChI=1S/C11H13BrFNO/c12-8-4-10(14)11(5-9(8)13)15-6-7-2-1-3-7/h4-5,7H,1-3,6,14H2. The van der Waals surface area contributed by atoms with Crippen molar-refractivity contribution in [3.8, 4) is 5.75 Å². The number of ether oxygens (including phenoxy) is 1. The van der Waals surface area contributed by atoms with E-state index in [0.717, 1.165) is 0 Å². The highest BCUT2D eigenvalue weighted by atomic mass is 79.9. The van der Waals surface area contributed by atoms with Crippen molar-refractivity contribution >= 4 is 21.6 Å². The fourth-order valence-electron chi connectivity index (χ4n) is 1.54. The highest BCUT2D eigenvalue weighted by Gasteiger charge is 2.18. The third-order valence-electron chi connectivity index (χ3n) is 2.75. The third-order valence-corrected chi connectivity index (χ3v) is 3.36. The van der Waals surface area contributed by atoms with E-state index < -0.39 is 0 Å². The van der Waals surface area contributed by atoms with Crippen molar-refractivity contribution in [3.63, 3.8) is 0 Å². The zero-order valence-electron chi connectivity index (χ0n) is 8.30. The molecule has 0 aromatic heterocycles. The fraction of sp³-hybridized carbons (Fsp3) is 0.455. The molecule has 82 valence electrons. The second-order valence-electron chi connectivity index (χ2n) is 3.91. The SMILES string of the molecule is Nc1cc(Br)c(F)cc1OCC1CCC1. The van der Waals surface area contributed by atoms with Gasteiger partial charge in [0.25, 0.3) is 0 Å². The molecule has 0 spiro atoms. The second-order valence-corrected chi connectivity index (χ2v) is 4.77. The molecule has 0 amide bonds. The van der Waals surface area contributed by atoms with E-state index >= 15 is 0 Å². The van der Waals surface area contributed by atoms with Crippen molar-refractivity contribution in [2.24, 2.45) is 5.92 Å². The first-order valence-electron chi connectivity index (χ1n) is 5.04. The summed E-state index contributed by atoms with van der Waals surface area (Å²) in [4.78, 5) is 0. The summed E-state index contributed by atoms with van der Waals surface area (Å²) >= 11 is 3.07. The van der Waals surface area contributed by atoms with E-state index in [2.05, 4.69) is 15.9 Å². The number of benzene rings is 1. The normalized spacial score (nSPS) is 16.1. The van der Waals surface area contributed by atoms with Gasteiger partial charge >= 0.3 is 0 Å². The zero-order chi connectivity index (χ0) is 10.8. The summed E-state index contributed by atoms with van der Waals surface area (Å²) in [7, 11) is 0. The Kier molecular flexibility index (Phi) is 3.14. The maximum atomic E-state index is 13.2. The molecule has 1 aliphatic rings. The summed E-state index contributed by atoms with van der Waals surface area (Å²) in [6.45, 7) is 0.644. The van der Waals surface area contributed by atoms with Crippen LogP contribution >= 0.6 is 15.9 Å². The van der Waals surface area contributed by atoms with Gasteiger partial charge in [0.15, 0.2) is 0 Å². The Morgan fingerprint density at radius 3 is 2.80 bits per heavy atom. The smallest absolute Gasteiger partial charge is 0.145 e. The van der Waals surface area contributed by atoms with Crippen LogP contribution in [0.1, 0.15) is 19.3 Å². The predicted molar refractivity (Wildman–Crippen MR) is 61.3 cm³/mol. The van der Waals surface area contributed by atoms with Crippen molar-refractivity contribution in [2.75, 3.05) is 12.3 Å². The molecular weight excluding hydrogens is 261 g/mol. The lowest BCUT2D eigenvalue weighted by Gasteiger charge is -2.25. The summed E-state index contributed by atoms with van der Waals surface area (Å²) < 4.78 is 19.1. The molecule has 2 nitrogen and oxygen atoms in total. The summed E-state index contributed by atoms with van der Waals surface area (Å²) in [5.41, 5.74) is 6.19. The van der Waals surface area contributed by atoms with Crippen molar-refractivity contribution < 1.29 is 9.13 Å². The Labute approximate surface area is 96.7 Å². The first-order chi connectivity index (χ1) is 7.16. The minimum absolute atomic E-state index is 0.340. The molecule has 15 heavy (non-hydrogen) atoms. The van der Waals surface area contributed by atoms with Gasteiger partial charge in [-0.2, -0.15) is 0 Å². The van der Waals surface area contributed by atoms with Crippen LogP contribution in [-0.2, 0) is 0 Å². The van der Waals surface area contributed by atoms with Crippen LogP contribution in [0.4, 0.5) is 10.1 Å². The van der Waals surface area contributed by atoms with E-state index in [0.29, 0.717) is 28.4 Å². The topological polar surface area (TPSA) is 35.2 Å². The van der Waals surface area contributed by atoms with Crippen molar-refractivity contribution in [3.05, 3.63) is 22.4 Å². The molecule has 0 unspecified atom stereocenters. The Balaban J connectivity index is 2.03. The van der Waals surface area contributed by atoms with Gasteiger partial charge in [-0.15, -0.1) is 0 Å². The highest BCUT2D eigenvalue weighted by Crippen LogP contribution is 2.31. The van der Waals surface area contributed by atoms with Gasteiger partial charge in [-0.25, -0.2) is 4.39 Å². The van der Waals surface area contributed by atoms with Gasteiger partial charge in [0.1, 0.15) is 11.6 Å². The number of hydrogen-bond donors (Lipinski definition) is 1. The summed E-state index contributed by atoms with van der Waals surface area (Å²) in [5, 5.41) is 0. The van der Waals surface area contributed by atoms with Gasteiger partial charge in [-0.05, 0) is 40.8 Å². The van der Waals surface area contributed by atoms with E-state index in [9.17, 15) is 4.39 Å². The van der Waals surface area contributed by atoms with Crippen molar-refractivity contribution in [2.45, 2.75) is 19.3 Å². The zero-order valence-corrected chi connectivity index (χ0v) is 9.89. The number of nitrogen functional groups attached to an aromatic ring is 1. The minimum Gasteiger partial charge on any atom is -0.491 e. The average Bonchev–Trinajstić information content (AvgIpc) is 2.11. The number of nitrogens with two attached hydrogens (primary N) is 1. The number of rotatable bonds is 3. The molecule has 1 aliphatic carbocycles. The van der Waals surface area contributed by atoms with Gasteiger partial charge in [0.05, 0.1) is 16.8 Å². The van der Waals surface area contributed by atoms with Crippen LogP contribution in [0.15, 0.2) is 16.6 Å². The molecule has 1 aromatic rings. The Hall–Kier alpha value is -0.770. The molecule has 1 saturated carbocycles. The van der Waals surface area contributed by atoms with Crippen LogP contribution in [0.3, 0.4) is 0 Å². The second kappa shape index (κ2) is 4.39. The first kappa shape index (κ1) is 10.7. The van der Waals surface area contributed by atoms with Crippen LogP contribution in [0.5, 0.6) is 5.75 Å². The predicted octanol–water partition coefficient (Wildman–Crippen LogP) is 3.35. The van der Waals surface area contributed by atoms with E-state index in [-0.39, 0.29) is 5.82 Å². The van der Waals surface area contributed by atoms with E-state index in [1.165, 1.54) is 31.4 Å². The Bertz CT molecular complexity index is 366. The number of halogens is 2. The molecule has 2 rings (SSSR count). The largest absolute Gasteiger partial charge is 0.491 e. The third kappa shape index (κ3) is 2.43. The Morgan fingerprint density at radius 2 is 2.20 bits per heavy atom. The number of hydrogen-bond acceptors (Lipinski definition) is 2. The molecule has 0 heterocycles. The van der Waals surface area contributed by atoms with E-state index in [1.807, 2.05) is 0 Å². The van der Waals surface area contributed by atoms with Gasteiger partial charge in [0, 0.05) is 6.07 Å². The molecule has 0 bridgehead atoms. The lowest BCUT2D eigenvalue weighted by molar-refractivity contribution is 0.181. The Morgan fingerprint density at radius 1 is 1.47 bits per heavy atom. The van der Waals surface area contributed by atoms with Crippen molar-refractivity contribution in [1.29, 1.82) is 0 Å². The number of anilines is 1. The summed E-state index contributed by atoms with van der Waals surface area (Å²) in [6.07, 6.45) is 3.69. The van der Waals surface area contributed by atoms with Gasteiger partial charge < -0.3 is 10.5 Å². The average molecular weight is 274 g/mol. The maximum absolute atomic E-state index is 13.2. The van der Waals surface area contributed by atoms with Crippen LogP contribution in [0.2, 0.25) is 0 Å². The summed E-state index contributed by atoms with van der Waals surface area (Å²) in [5.74, 6) is 0.728. The molecular formula is C11H13BrFNO. The van der Waals surface area contributed by atoms with Gasteiger partial charge in [-0.3, -0.25) is 0 Å². The van der Waals surface area contributed by atoms with Gasteiger partial charge in [0.2, 0.25) is 0 Å². The monoisotopic (exact) mass is 273 g/mol. The van der Waals surface area contributed by atoms with Crippen LogP contribution in [0.25, 0.3) is 0 Å². The molecule has 4 heteroatoms. The molecule has 0 radical (unpaired) electrons. The van der Waals surface area contributed by atoms with Gasteiger partial charge in [-0.1, -0.05) is 6.42 Å². The minimum atomic E-state index is -0.340. The van der Waals surface area contributed by atoms with Crippen molar-refractivity contribution in [1.82, 2.24) is 0 Å². The fourth-order valence-corrected chi connectivity index (χ4v) is 1.90. The molecule has 1 aromatic carbocycles. The molecule has 0 saturated heterocycles. The molecule has 2 N–H and O–H groups in total. The molecule has 1 fully saturated rings. The first-order valence-corrected chi connectivity index (χ1v) is 5.83. The van der Waals surface area contributed by atoms with E-state index in [4.69, 9.17) is 10.5 Å². The lowest BCUT2D eigenvalue weighted by Crippen LogP contribution is -2.19. The molecule has 0 atom stereocenters. The maximum Gasteiger partial charge on any atom is 0.145 e. The molecule has 0 aliphatic heterocycles. The quantitative estimate of drug-likeness (QED) is 0.858. The summed E-state index contributed by atoms with van der Waals surface area (Å²) in [6, 6.07) is 2.86. The highest BCUT2D eigenvalue weighted by molar-refractivity contribution is 9.10. The van der Waals surface area contributed by atoms with Crippen LogP contribution in [-0.4, -0.2) is 6.61 Å². The van der Waals surface area contributed by atoms with Crippen LogP contribution < -0.4 is 10.5 Å². The van der Waals surface area contributed by atoms with Crippen LogP contribution in [0, 0.1) is 11.7 Å². The van der Waals surface area contributed by atoms with E-state index in [1.54, 1.807) is 0 Å². The lowest BCUT2D eigenvalue weighted by atomic mass is 9.86.